The molecule has 0 aliphatic rings. The van der Waals surface area contributed by atoms with Gasteiger partial charge in [-0.1, -0.05) is 0 Å². The molecule has 16 heavy (non-hydrogen) atoms. The summed E-state index contributed by atoms with van der Waals surface area (Å²) in [6.07, 6.45) is 3.11. The standard InChI is InChI=1S/C10H23N3O2S/c1-8(5-6-16-4)13(2)9(7-15-3)10(14)12-11/h8-9H,5-7,11H2,1-4H3,(H,12,14). The molecule has 0 bridgehead atoms. The molecule has 0 aliphatic carbocycles. The largest absolute Gasteiger partial charge is 0.383 e. The molecule has 0 fully saturated rings. The van der Waals surface area contributed by atoms with Crippen LogP contribution in [0.2, 0.25) is 0 Å². The van der Waals surface area contributed by atoms with E-state index in [1.165, 1.54) is 0 Å². The second-order valence-electron chi connectivity index (χ2n) is 3.78. The summed E-state index contributed by atoms with van der Waals surface area (Å²) in [4.78, 5) is 13.6. The van der Waals surface area contributed by atoms with Gasteiger partial charge in [0.15, 0.2) is 0 Å². The van der Waals surface area contributed by atoms with E-state index >= 15 is 0 Å². The van der Waals surface area contributed by atoms with Crippen LogP contribution in [0.15, 0.2) is 0 Å². The summed E-state index contributed by atoms with van der Waals surface area (Å²) in [6.45, 7) is 2.45. The van der Waals surface area contributed by atoms with Crippen LogP contribution in [0.5, 0.6) is 0 Å². The van der Waals surface area contributed by atoms with Crippen molar-refractivity contribution in [2.24, 2.45) is 5.84 Å². The summed E-state index contributed by atoms with van der Waals surface area (Å²) in [5.41, 5.74) is 2.18. The van der Waals surface area contributed by atoms with Crippen molar-refractivity contribution in [1.29, 1.82) is 0 Å². The molecule has 2 atom stereocenters. The minimum Gasteiger partial charge on any atom is -0.383 e. The molecule has 2 unspecified atom stereocenters. The molecule has 0 saturated carbocycles. The van der Waals surface area contributed by atoms with Gasteiger partial charge >= 0.3 is 0 Å². The molecule has 6 heteroatoms. The van der Waals surface area contributed by atoms with Gasteiger partial charge in [-0.2, -0.15) is 11.8 Å². The Kier molecular flexibility index (Phi) is 8.64. The van der Waals surface area contributed by atoms with E-state index in [0.717, 1.165) is 12.2 Å². The van der Waals surface area contributed by atoms with E-state index in [9.17, 15) is 4.79 Å². The molecule has 0 aromatic heterocycles. The molecule has 5 nitrogen and oxygen atoms in total. The molecule has 0 heterocycles. The van der Waals surface area contributed by atoms with Gasteiger partial charge in [0.25, 0.3) is 5.91 Å². The van der Waals surface area contributed by atoms with Gasteiger partial charge in [0.05, 0.1) is 6.61 Å². The monoisotopic (exact) mass is 249 g/mol. The Balaban J connectivity index is 4.34. The Hall–Kier alpha value is -0.300. The summed E-state index contributed by atoms with van der Waals surface area (Å²) >= 11 is 1.80. The number of hydrogen-bond acceptors (Lipinski definition) is 5. The number of thioether (sulfide) groups is 1. The summed E-state index contributed by atoms with van der Waals surface area (Å²) in [7, 11) is 3.50. The SMILES string of the molecule is COCC(C(=O)NN)N(C)C(C)CCSC. The highest BCUT2D eigenvalue weighted by Gasteiger charge is 2.25. The molecule has 96 valence electrons. The van der Waals surface area contributed by atoms with Crippen LogP contribution in [-0.4, -0.2) is 55.7 Å². The minimum atomic E-state index is -0.327. The zero-order valence-electron chi connectivity index (χ0n) is 10.5. The maximum absolute atomic E-state index is 11.6. The molecule has 0 rings (SSSR count). The Bertz CT molecular complexity index is 205. The molecule has 0 spiro atoms. The van der Waals surface area contributed by atoms with Gasteiger partial charge in [0, 0.05) is 13.2 Å². The number of nitrogens with two attached hydrogens (primary N) is 1. The molecule has 0 saturated heterocycles. The Morgan fingerprint density at radius 3 is 2.69 bits per heavy atom. The van der Waals surface area contributed by atoms with E-state index < -0.39 is 0 Å². The number of likely N-dealkylation sites (N-methyl/N-ethyl adjacent to an activating group) is 1. The number of methoxy groups -OCH3 is 1. The number of nitrogens with one attached hydrogen (secondary N) is 1. The average Bonchev–Trinajstić information content (AvgIpc) is 2.31. The fraction of sp³-hybridized carbons (Fsp3) is 0.900. The van der Waals surface area contributed by atoms with Gasteiger partial charge in [0.1, 0.15) is 6.04 Å². The van der Waals surface area contributed by atoms with Crippen LogP contribution in [-0.2, 0) is 9.53 Å². The van der Waals surface area contributed by atoms with Crippen LogP contribution in [0.4, 0.5) is 0 Å². The van der Waals surface area contributed by atoms with Crippen molar-refractivity contribution in [3.63, 3.8) is 0 Å². The average molecular weight is 249 g/mol. The van der Waals surface area contributed by atoms with E-state index in [2.05, 4.69) is 18.6 Å². The zero-order chi connectivity index (χ0) is 12.6. The van der Waals surface area contributed by atoms with Crippen LogP contribution in [0.3, 0.4) is 0 Å². The van der Waals surface area contributed by atoms with Gasteiger partial charge in [-0.05, 0) is 32.4 Å². The predicted molar refractivity (Wildman–Crippen MR) is 68.2 cm³/mol. The Morgan fingerprint density at radius 1 is 1.62 bits per heavy atom. The lowest BCUT2D eigenvalue weighted by Gasteiger charge is -2.31. The van der Waals surface area contributed by atoms with Crippen molar-refractivity contribution < 1.29 is 9.53 Å². The van der Waals surface area contributed by atoms with Gasteiger partial charge in [-0.3, -0.25) is 15.1 Å². The highest BCUT2D eigenvalue weighted by Crippen LogP contribution is 2.10. The predicted octanol–water partition coefficient (Wildman–Crippen LogP) is 0.0647. The van der Waals surface area contributed by atoms with Crippen molar-refractivity contribution in [3.05, 3.63) is 0 Å². The first-order valence-corrected chi connectivity index (χ1v) is 6.68. The maximum Gasteiger partial charge on any atom is 0.253 e. The normalized spacial score (nSPS) is 14.9. The number of carbonyl (C=O) groups excluding carboxylic acids is 1. The van der Waals surface area contributed by atoms with E-state index in [4.69, 9.17) is 10.6 Å². The first-order chi connectivity index (χ1) is 7.58. The van der Waals surface area contributed by atoms with Crippen LogP contribution in [0, 0.1) is 0 Å². The zero-order valence-corrected chi connectivity index (χ0v) is 11.3. The van der Waals surface area contributed by atoms with Gasteiger partial charge < -0.3 is 4.74 Å². The number of rotatable bonds is 8. The van der Waals surface area contributed by atoms with Crippen LogP contribution in [0.25, 0.3) is 0 Å². The molecule has 0 aromatic rings. The quantitative estimate of drug-likeness (QED) is 0.362. The Morgan fingerprint density at radius 2 is 2.25 bits per heavy atom. The maximum atomic E-state index is 11.6. The fourth-order valence-corrected chi connectivity index (χ4v) is 2.01. The van der Waals surface area contributed by atoms with Gasteiger partial charge in [-0.15, -0.1) is 0 Å². The van der Waals surface area contributed by atoms with Crippen molar-refractivity contribution in [3.8, 4) is 0 Å². The van der Waals surface area contributed by atoms with E-state index in [-0.39, 0.29) is 11.9 Å². The first-order valence-electron chi connectivity index (χ1n) is 5.28. The number of hydrazine groups is 1. The van der Waals surface area contributed by atoms with Crippen LogP contribution in [0.1, 0.15) is 13.3 Å². The third-order valence-electron chi connectivity index (χ3n) is 2.70. The number of carbonyl (C=O) groups is 1. The fourth-order valence-electron chi connectivity index (χ4n) is 1.43. The third kappa shape index (κ3) is 5.16. The molecular weight excluding hydrogens is 226 g/mol. The lowest BCUT2D eigenvalue weighted by Crippen LogP contribution is -2.52. The molecule has 0 aromatic carbocycles. The van der Waals surface area contributed by atoms with E-state index in [0.29, 0.717) is 12.6 Å². The molecule has 0 aliphatic heterocycles. The molecule has 1 amide bonds. The number of ether oxygens (including phenoxy) is 1. The summed E-state index contributed by atoms with van der Waals surface area (Å²) in [5.74, 6) is 6.03. The first kappa shape index (κ1) is 15.7. The van der Waals surface area contributed by atoms with Crippen LogP contribution < -0.4 is 11.3 Å². The van der Waals surface area contributed by atoms with Gasteiger partial charge in [0.2, 0.25) is 0 Å². The number of hydrogen-bond donors (Lipinski definition) is 2. The number of nitrogens with zero attached hydrogens (tertiary/aromatic N) is 1. The summed E-state index contributed by atoms with van der Waals surface area (Å²) in [5, 5.41) is 0. The highest BCUT2D eigenvalue weighted by molar-refractivity contribution is 7.98. The smallest absolute Gasteiger partial charge is 0.253 e. The van der Waals surface area contributed by atoms with Crippen molar-refractivity contribution >= 4 is 17.7 Å². The lowest BCUT2D eigenvalue weighted by molar-refractivity contribution is -0.128. The van der Waals surface area contributed by atoms with E-state index in [1.807, 2.05) is 11.9 Å². The summed E-state index contributed by atoms with van der Waals surface area (Å²) in [6, 6.07) is -0.00300. The summed E-state index contributed by atoms with van der Waals surface area (Å²) < 4.78 is 5.04. The second-order valence-corrected chi connectivity index (χ2v) is 4.76. The molecule has 0 radical (unpaired) electrons. The van der Waals surface area contributed by atoms with Crippen molar-refractivity contribution in [2.75, 3.05) is 32.8 Å². The second kappa shape index (κ2) is 8.81. The van der Waals surface area contributed by atoms with Gasteiger partial charge in [-0.25, -0.2) is 5.84 Å². The van der Waals surface area contributed by atoms with Crippen molar-refractivity contribution in [1.82, 2.24) is 10.3 Å². The Labute approximate surface area is 102 Å². The third-order valence-corrected chi connectivity index (χ3v) is 3.34. The minimum absolute atomic E-state index is 0.208. The lowest BCUT2D eigenvalue weighted by atomic mass is 10.1. The highest BCUT2D eigenvalue weighted by atomic mass is 32.2. The van der Waals surface area contributed by atoms with Crippen molar-refractivity contribution in [2.45, 2.75) is 25.4 Å². The molecular formula is C10H23N3O2S. The topological polar surface area (TPSA) is 67.6 Å². The number of amides is 1. The molecule has 3 N–H and O–H groups in total. The van der Waals surface area contributed by atoms with Crippen LogP contribution >= 0.6 is 11.8 Å². The van der Waals surface area contributed by atoms with E-state index in [1.54, 1.807) is 18.9 Å².